The van der Waals surface area contributed by atoms with Gasteiger partial charge in [-0.2, -0.15) is 5.10 Å². The summed E-state index contributed by atoms with van der Waals surface area (Å²) in [5, 5.41) is 21.2. The van der Waals surface area contributed by atoms with Gasteiger partial charge >= 0.3 is 0 Å². The minimum atomic E-state index is -0.298. The maximum atomic E-state index is 6.70. The van der Waals surface area contributed by atoms with E-state index in [1.54, 1.807) is 15.7 Å². The molecule has 164 valence electrons. The van der Waals surface area contributed by atoms with E-state index in [2.05, 4.69) is 44.8 Å². The van der Waals surface area contributed by atoms with Crippen molar-refractivity contribution in [3.05, 3.63) is 40.5 Å². The van der Waals surface area contributed by atoms with Crippen LogP contribution in [0.1, 0.15) is 55.5 Å². The van der Waals surface area contributed by atoms with Gasteiger partial charge in [-0.1, -0.05) is 25.4 Å². The molecule has 1 N–H and O–H groups in total. The lowest BCUT2D eigenvalue weighted by Crippen LogP contribution is -2.29. The molecule has 0 saturated carbocycles. The first-order valence-corrected chi connectivity index (χ1v) is 10.6. The van der Waals surface area contributed by atoms with Crippen molar-refractivity contribution in [1.29, 1.82) is 0 Å². The summed E-state index contributed by atoms with van der Waals surface area (Å²) in [6, 6.07) is -0.298. The molecule has 10 nitrogen and oxygen atoms in total. The molecule has 0 amide bonds. The van der Waals surface area contributed by atoms with Gasteiger partial charge in [-0.25, -0.2) is 9.67 Å². The maximum Gasteiger partial charge on any atom is 0.173 e. The number of hydrogen-bond acceptors (Lipinski definition) is 7. The standard InChI is InChI=1S/C19H30ClN9O/c1-6-30-10-9-29-19(23-25-26-29)17(22-8-7-14-11-21-12-27(14)4)15-16(13(2)3)24-28(5)18(15)20/h11-13,17,22H,6-10H2,1-5H3. The zero-order valence-electron chi connectivity index (χ0n) is 18.2. The van der Waals surface area contributed by atoms with Gasteiger partial charge < -0.3 is 14.6 Å². The SMILES string of the molecule is CCOCCn1nnnc1C(NCCc1cncn1C)c1c(C(C)C)nn(C)c1Cl. The van der Waals surface area contributed by atoms with Gasteiger partial charge in [0, 0.05) is 51.1 Å². The molecule has 1 atom stereocenters. The Morgan fingerprint density at radius 2 is 2.07 bits per heavy atom. The second-order valence-electron chi connectivity index (χ2n) is 7.46. The normalized spacial score (nSPS) is 12.8. The summed E-state index contributed by atoms with van der Waals surface area (Å²) in [6.45, 7) is 8.62. The van der Waals surface area contributed by atoms with Crippen molar-refractivity contribution in [3.8, 4) is 0 Å². The Balaban J connectivity index is 1.92. The van der Waals surface area contributed by atoms with Crippen molar-refractivity contribution in [2.75, 3.05) is 19.8 Å². The molecule has 3 heterocycles. The lowest BCUT2D eigenvalue weighted by atomic mass is 9.99. The first kappa shape index (κ1) is 22.4. The van der Waals surface area contributed by atoms with E-state index in [9.17, 15) is 0 Å². The van der Waals surface area contributed by atoms with Crippen LogP contribution in [0.2, 0.25) is 5.15 Å². The van der Waals surface area contributed by atoms with Crippen LogP contribution in [0.4, 0.5) is 0 Å². The third-order valence-electron chi connectivity index (χ3n) is 4.99. The van der Waals surface area contributed by atoms with Crippen LogP contribution in [0.15, 0.2) is 12.5 Å². The Labute approximate surface area is 181 Å². The van der Waals surface area contributed by atoms with E-state index in [1.165, 1.54) is 0 Å². The van der Waals surface area contributed by atoms with E-state index in [0.717, 1.165) is 23.4 Å². The zero-order chi connectivity index (χ0) is 21.7. The average molecular weight is 436 g/mol. The van der Waals surface area contributed by atoms with Crippen LogP contribution in [0.3, 0.4) is 0 Å². The number of aromatic nitrogens is 8. The number of rotatable bonds is 11. The van der Waals surface area contributed by atoms with E-state index in [1.807, 2.05) is 31.8 Å². The van der Waals surface area contributed by atoms with Crippen LogP contribution >= 0.6 is 11.6 Å². The fourth-order valence-corrected chi connectivity index (χ4v) is 3.64. The molecule has 30 heavy (non-hydrogen) atoms. The van der Waals surface area contributed by atoms with Crippen molar-refractivity contribution in [1.82, 2.24) is 44.9 Å². The molecule has 3 aromatic rings. The maximum absolute atomic E-state index is 6.70. The summed E-state index contributed by atoms with van der Waals surface area (Å²) in [5.41, 5.74) is 2.98. The van der Waals surface area contributed by atoms with Crippen molar-refractivity contribution in [3.63, 3.8) is 0 Å². The first-order valence-electron chi connectivity index (χ1n) is 10.2. The van der Waals surface area contributed by atoms with Crippen LogP contribution in [0.25, 0.3) is 0 Å². The molecule has 0 aromatic carbocycles. The molecule has 0 aliphatic heterocycles. The molecule has 0 aliphatic carbocycles. The number of nitrogens with zero attached hydrogens (tertiary/aromatic N) is 8. The van der Waals surface area contributed by atoms with Gasteiger partial charge in [0.1, 0.15) is 5.15 Å². The predicted molar refractivity (Wildman–Crippen MR) is 113 cm³/mol. The molecular weight excluding hydrogens is 406 g/mol. The van der Waals surface area contributed by atoms with Crippen molar-refractivity contribution in [2.24, 2.45) is 14.1 Å². The summed E-state index contributed by atoms with van der Waals surface area (Å²) >= 11 is 6.70. The number of imidazole rings is 1. The molecule has 1 unspecified atom stereocenters. The van der Waals surface area contributed by atoms with Gasteiger partial charge in [0.15, 0.2) is 5.82 Å². The highest BCUT2D eigenvalue weighted by Crippen LogP contribution is 2.33. The molecule has 11 heteroatoms. The van der Waals surface area contributed by atoms with E-state index in [4.69, 9.17) is 16.3 Å². The largest absolute Gasteiger partial charge is 0.380 e. The molecule has 0 aliphatic rings. The van der Waals surface area contributed by atoms with Crippen LogP contribution in [0.5, 0.6) is 0 Å². The van der Waals surface area contributed by atoms with Crippen LogP contribution in [-0.2, 0) is 31.8 Å². The molecule has 0 radical (unpaired) electrons. The number of tetrazole rings is 1. The van der Waals surface area contributed by atoms with Gasteiger partial charge in [-0.05, 0) is 23.3 Å². The minimum absolute atomic E-state index is 0.202. The summed E-state index contributed by atoms with van der Waals surface area (Å²) in [4.78, 5) is 4.19. The van der Waals surface area contributed by atoms with Crippen molar-refractivity contribution >= 4 is 11.6 Å². The van der Waals surface area contributed by atoms with Crippen LogP contribution < -0.4 is 5.32 Å². The highest BCUT2D eigenvalue weighted by atomic mass is 35.5. The number of hydrogen-bond donors (Lipinski definition) is 1. The van der Waals surface area contributed by atoms with Gasteiger partial charge in [0.2, 0.25) is 0 Å². The number of nitrogens with one attached hydrogen (secondary N) is 1. The summed E-state index contributed by atoms with van der Waals surface area (Å²) in [6.07, 6.45) is 4.48. The summed E-state index contributed by atoms with van der Waals surface area (Å²) in [7, 11) is 3.84. The van der Waals surface area contributed by atoms with Crippen molar-refractivity contribution < 1.29 is 4.74 Å². The second-order valence-corrected chi connectivity index (χ2v) is 7.82. The average Bonchev–Trinajstić information content (AvgIpc) is 3.41. The van der Waals surface area contributed by atoms with E-state index >= 15 is 0 Å². The molecule has 0 fully saturated rings. The smallest absolute Gasteiger partial charge is 0.173 e. The van der Waals surface area contributed by atoms with Gasteiger partial charge in [0.25, 0.3) is 0 Å². The second kappa shape index (κ2) is 10.1. The topological polar surface area (TPSA) is 100 Å². The first-order chi connectivity index (χ1) is 14.4. The summed E-state index contributed by atoms with van der Waals surface area (Å²) < 4.78 is 11.0. The molecule has 3 aromatic heterocycles. The van der Waals surface area contributed by atoms with E-state index in [0.29, 0.717) is 37.3 Å². The van der Waals surface area contributed by atoms with Crippen LogP contribution in [0, 0.1) is 0 Å². The number of aryl methyl sites for hydroxylation is 2. The Morgan fingerprint density at radius 1 is 1.27 bits per heavy atom. The fraction of sp³-hybridized carbons (Fsp3) is 0.632. The highest BCUT2D eigenvalue weighted by molar-refractivity contribution is 6.30. The zero-order valence-corrected chi connectivity index (χ0v) is 19.0. The Bertz CT molecular complexity index is 946. The third kappa shape index (κ3) is 4.88. The van der Waals surface area contributed by atoms with Crippen molar-refractivity contribution in [2.45, 2.75) is 45.7 Å². The van der Waals surface area contributed by atoms with E-state index < -0.39 is 0 Å². The number of ether oxygens (including phenoxy) is 1. The molecule has 3 rings (SSSR count). The summed E-state index contributed by atoms with van der Waals surface area (Å²) in [5.74, 6) is 0.893. The quantitative estimate of drug-likeness (QED) is 0.459. The Morgan fingerprint density at radius 3 is 2.73 bits per heavy atom. The Kier molecular flexibility index (Phi) is 7.57. The van der Waals surface area contributed by atoms with Gasteiger partial charge in [-0.3, -0.25) is 4.68 Å². The molecular formula is C19H30ClN9O. The van der Waals surface area contributed by atoms with Crippen LogP contribution in [-0.4, -0.2) is 59.3 Å². The monoisotopic (exact) mass is 435 g/mol. The number of halogens is 1. The van der Waals surface area contributed by atoms with Gasteiger partial charge in [0.05, 0.1) is 31.2 Å². The lowest BCUT2D eigenvalue weighted by Gasteiger charge is -2.20. The van der Waals surface area contributed by atoms with E-state index in [-0.39, 0.29) is 12.0 Å². The highest BCUT2D eigenvalue weighted by Gasteiger charge is 2.30. The Hall–Kier alpha value is -2.30. The van der Waals surface area contributed by atoms with Gasteiger partial charge in [-0.15, -0.1) is 5.10 Å². The fourth-order valence-electron chi connectivity index (χ4n) is 3.40. The minimum Gasteiger partial charge on any atom is -0.380 e. The molecule has 0 spiro atoms. The third-order valence-corrected chi connectivity index (χ3v) is 5.44. The predicted octanol–water partition coefficient (Wildman–Crippen LogP) is 1.88. The molecule has 0 saturated heterocycles. The lowest BCUT2D eigenvalue weighted by molar-refractivity contribution is 0.134. The molecule has 0 bridgehead atoms.